The van der Waals surface area contributed by atoms with Gasteiger partial charge in [0, 0.05) is 12.7 Å². The first kappa shape index (κ1) is 8.71. The molecule has 4 heteroatoms. The van der Waals surface area contributed by atoms with Crippen LogP contribution in [-0.4, -0.2) is 9.55 Å². The molecule has 0 aliphatic carbocycles. The fraction of sp³-hybridized carbons (Fsp3) is 0.571. The first-order chi connectivity index (χ1) is 5.09. The average molecular weight is 221 g/mol. The summed E-state index contributed by atoms with van der Waals surface area (Å²) in [6.45, 7) is 4.74. The maximum atomic E-state index is 12.8. The molecular formula is C7H10BrFN2. The summed E-state index contributed by atoms with van der Waals surface area (Å²) in [7, 11) is 0. The first-order valence-electron chi connectivity index (χ1n) is 3.47. The number of hydrogen-bond acceptors (Lipinski definition) is 1. The lowest BCUT2D eigenvalue weighted by Gasteiger charge is -2.04. The van der Waals surface area contributed by atoms with E-state index in [0.717, 1.165) is 0 Å². The third-order valence-electron chi connectivity index (χ3n) is 1.26. The second-order valence-electron chi connectivity index (χ2n) is 2.88. The molecule has 1 rings (SSSR count). The van der Waals surface area contributed by atoms with E-state index in [2.05, 4.69) is 20.9 Å². The topological polar surface area (TPSA) is 17.8 Å². The molecule has 11 heavy (non-hydrogen) atoms. The van der Waals surface area contributed by atoms with Crippen molar-refractivity contribution in [3.63, 3.8) is 0 Å². The van der Waals surface area contributed by atoms with Gasteiger partial charge in [0.15, 0.2) is 0 Å². The molecule has 2 nitrogen and oxygen atoms in total. The summed E-state index contributed by atoms with van der Waals surface area (Å²) in [5, 5.41) is 0. The van der Waals surface area contributed by atoms with E-state index in [4.69, 9.17) is 0 Å². The van der Waals surface area contributed by atoms with Gasteiger partial charge >= 0.3 is 0 Å². The van der Waals surface area contributed by atoms with Gasteiger partial charge < -0.3 is 4.57 Å². The predicted octanol–water partition coefficient (Wildman–Crippen LogP) is 2.44. The molecule has 0 atom stereocenters. The molecule has 1 aromatic rings. The maximum Gasteiger partial charge on any atom is 0.290 e. The van der Waals surface area contributed by atoms with Gasteiger partial charge in [-0.2, -0.15) is 9.37 Å². The largest absolute Gasteiger partial charge is 0.306 e. The minimum atomic E-state index is -0.425. The van der Waals surface area contributed by atoms with Crippen LogP contribution in [0.1, 0.15) is 13.8 Å². The molecule has 0 saturated carbocycles. The predicted molar refractivity (Wildman–Crippen MR) is 44.7 cm³/mol. The van der Waals surface area contributed by atoms with Gasteiger partial charge in [0.25, 0.3) is 6.08 Å². The SMILES string of the molecule is CC(C)Cn1cc(Br)nc1F. The molecule has 1 aromatic heterocycles. The van der Waals surface area contributed by atoms with Crippen molar-refractivity contribution in [2.75, 3.05) is 0 Å². The molecular weight excluding hydrogens is 211 g/mol. The van der Waals surface area contributed by atoms with Crippen LogP contribution in [-0.2, 0) is 6.54 Å². The van der Waals surface area contributed by atoms with Gasteiger partial charge in [-0.1, -0.05) is 13.8 Å². The van der Waals surface area contributed by atoms with E-state index in [0.29, 0.717) is 17.1 Å². The number of rotatable bonds is 2. The van der Waals surface area contributed by atoms with Crippen LogP contribution in [0.15, 0.2) is 10.8 Å². The van der Waals surface area contributed by atoms with Crippen molar-refractivity contribution in [1.82, 2.24) is 9.55 Å². The Balaban J connectivity index is 2.77. The summed E-state index contributed by atoms with van der Waals surface area (Å²) in [5.41, 5.74) is 0. The fourth-order valence-electron chi connectivity index (χ4n) is 0.885. The second kappa shape index (κ2) is 3.34. The van der Waals surface area contributed by atoms with Crippen molar-refractivity contribution < 1.29 is 4.39 Å². The number of hydrogen-bond donors (Lipinski definition) is 0. The Morgan fingerprint density at radius 2 is 2.36 bits per heavy atom. The third kappa shape index (κ3) is 2.29. The number of aromatic nitrogens is 2. The monoisotopic (exact) mass is 220 g/mol. The van der Waals surface area contributed by atoms with E-state index >= 15 is 0 Å². The van der Waals surface area contributed by atoms with Gasteiger partial charge in [-0.25, -0.2) is 0 Å². The van der Waals surface area contributed by atoms with E-state index in [1.165, 1.54) is 4.57 Å². The molecule has 0 N–H and O–H groups in total. The van der Waals surface area contributed by atoms with Gasteiger partial charge in [0.1, 0.15) is 4.60 Å². The van der Waals surface area contributed by atoms with Crippen LogP contribution < -0.4 is 0 Å². The van der Waals surface area contributed by atoms with Crippen molar-refractivity contribution in [3.8, 4) is 0 Å². The van der Waals surface area contributed by atoms with Gasteiger partial charge in [-0.3, -0.25) is 0 Å². The highest BCUT2D eigenvalue weighted by atomic mass is 79.9. The summed E-state index contributed by atoms with van der Waals surface area (Å²) in [4.78, 5) is 3.58. The summed E-state index contributed by atoms with van der Waals surface area (Å²) < 4.78 is 14.8. The molecule has 0 spiro atoms. The van der Waals surface area contributed by atoms with Crippen molar-refractivity contribution in [3.05, 3.63) is 16.9 Å². The summed E-state index contributed by atoms with van der Waals surface area (Å²) in [5.74, 6) is 0.436. The lowest BCUT2D eigenvalue weighted by atomic mass is 10.2. The quantitative estimate of drug-likeness (QED) is 0.749. The standard InChI is InChI=1S/C7H10BrFN2/c1-5(2)3-11-4-6(8)10-7(11)9/h4-5H,3H2,1-2H3. The molecule has 0 aliphatic heterocycles. The third-order valence-corrected chi connectivity index (χ3v) is 1.64. The number of nitrogens with zero attached hydrogens (tertiary/aromatic N) is 2. The minimum Gasteiger partial charge on any atom is -0.306 e. The smallest absolute Gasteiger partial charge is 0.290 e. The van der Waals surface area contributed by atoms with Crippen molar-refractivity contribution >= 4 is 15.9 Å². The van der Waals surface area contributed by atoms with Crippen molar-refractivity contribution in [2.24, 2.45) is 5.92 Å². The lowest BCUT2D eigenvalue weighted by molar-refractivity contribution is 0.420. The molecule has 0 unspecified atom stereocenters. The van der Waals surface area contributed by atoms with Crippen LogP contribution in [0.2, 0.25) is 0 Å². The van der Waals surface area contributed by atoms with Gasteiger partial charge in [0.2, 0.25) is 0 Å². The van der Waals surface area contributed by atoms with Crippen LogP contribution in [0.25, 0.3) is 0 Å². The minimum absolute atomic E-state index is 0.425. The zero-order valence-corrected chi connectivity index (χ0v) is 8.10. The van der Waals surface area contributed by atoms with Crippen LogP contribution in [0.5, 0.6) is 0 Å². The highest BCUT2D eigenvalue weighted by Gasteiger charge is 2.05. The molecule has 0 bridgehead atoms. The van der Waals surface area contributed by atoms with Crippen LogP contribution in [0, 0.1) is 12.0 Å². The van der Waals surface area contributed by atoms with Crippen LogP contribution in [0.4, 0.5) is 4.39 Å². The molecule has 0 radical (unpaired) electrons. The Hall–Kier alpha value is -0.380. The highest BCUT2D eigenvalue weighted by molar-refractivity contribution is 9.10. The van der Waals surface area contributed by atoms with Crippen molar-refractivity contribution in [2.45, 2.75) is 20.4 Å². The Morgan fingerprint density at radius 3 is 2.73 bits per heavy atom. The normalized spacial score (nSPS) is 11.0. The molecule has 0 amide bonds. The zero-order valence-electron chi connectivity index (χ0n) is 6.51. The molecule has 0 aliphatic rings. The molecule has 0 aromatic carbocycles. The van der Waals surface area contributed by atoms with E-state index in [1.54, 1.807) is 6.20 Å². The number of halogens is 2. The van der Waals surface area contributed by atoms with E-state index in [9.17, 15) is 4.39 Å². The molecule has 62 valence electrons. The van der Waals surface area contributed by atoms with Gasteiger partial charge in [0.05, 0.1) is 0 Å². The average Bonchev–Trinajstić information content (AvgIpc) is 2.09. The number of imidazole rings is 1. The molecule has 0 fully saturated rings. The maximum absolute atomic E-state index is 12.8. The summed E-state index contributed by atoms with van der Waals surface area (Å²) >= 11 is 3.10. The second-order valence-corrected chi connectivity index (χ2v) is 3.69. The first-order valence-corrected chi connectivity index (χ1v) is 4.27. The molecule has 1 heterocycles. The van der Waals surface area contributed by atoms with Gasteiger partial charge in [-0.15, -0.1) is 0 Å². The van der Waals surface area contributed by atoms with E-state index in [-0.39, 0.29) is 0 Å². The van der Waals surface area contributed by atoms with E-state index < -0.39 is 6.08 Å². The highest BCUT2D eigenvalue weighted by Crippen LogP contribution is 2.10. The van der Waals surface area contributed by atoms with E-state index in [1.807, 2.05) is 13.8 Å². The lowest BCUT2D eigenvalue weighted by Crippen LogP contribution is -2.05. The Labute approximate surface area is 73.6 Å². The Morgan fingerprint density at radius 1 is 1.73 bits per heavy atom. The van der Waals surface area contributed by atoms with Crippen molar-refractivity contribution in [1.29, 1.82) is 0 Å². The summed E-state index contributed by atoms with van der Waals surface area (Å²) in [6, 6.07) is 0. The molecule has 0 saturated heterocycles. The fourth-order valence-corrected chi connectivity index (χ4v) is 1.28. The van der Waals surface area contributed by atoms with Crippen LogP contribution >= 0.6 is 15.9 Å². The summed E-state index contributed by atoms with van der Waals surface area (Å²) in [6.07, 6.45) is 1.22. The van der Waals surface area contributed by atoms with Crippen LogP contribution in [0.3, 0.4) is 0 Å². The zero-order chi connectivity index (χ0) is 8.43. The Kier molecular flexibility index (Phi) is 2.65. The van der Waals surface area contributed by atoms with Gasteiger partial charge in [-0.05, 0) is 21.8 Å². The Bertz CT molecular complexity index is 245.